The fourth-order valence-corrected chi connectivity index (χ4v) is 7.54. The van der Waals surface area contributed by atoms with Crippen molar-refractivity contribution in [3.05, 3.63) is 94.3 Å². The van der Waals surface area contributed by atoms with Crippen molar-refractivity contribution in [3.8, 4) is 11.1 Å². The summed E-state index contributed by atoms with van der Waals surface area (Å²) in [7, 11) is 0. The molecule has 0 unspecified atom stereocenters. The van der Waals surface area contributed by atoms with Crippen LogP contribution in [0.2, 0.25) is 0 Å². The number of hydrogen-bond acceptors (Lipinski definition) is 0. The molecule has 5 heteroatoms. The van der Waals surface area contributed by atoms with Crippen LogP contribution in [0.1, 0.15) is 107 Å². The van der Waals surface area contributed by atoms with Gasteiger partial charge in [0.05, 0.1) is 0 Å². The van der Waals surface area contributed by atoms with Crippen LogP contribution in [0.4, 0.5) is 22.0 Å². The highest BCUT2D eigenvalue weighted by Crippen LogP contribution is 2.45. The van der Waals surface area contributed by atoms with E-state index in [2.05, 4.69) is 6.92 Å². The maximum Gasteiger partial charge on any atom is 0.162 e. The normalized spacial score (nSPS) is 22.8. The highest BCUT2D eigenvalue weighted by molar-refractivity contribution is 5.64. The van der Waals surface area contributed by atoms with E-state index in [1.807, 2.05) is 0 Å². The van der Waals surface area contributed by atoms with Crippen molar-refractivity contribution >= 4 is 0 Å². The van der Waals surface area contributed by atoms with Crippen molar-refractivity contribution in [2.45, 2.75) is 103 Å². The fourth-order valence-electron chi connectivity index (χ4n) is 7.54. The first kappa shape index (κ1) is 30.8. The van der Waals surface area contributed by atoms with E-state index >= 15 is 8.78 Å². The lowest BCUT2D eigenvalue weighted by Gasteiger charge is -2.38. The van der Waals surface area contributed by atoms with Gasteiger partial charge in [0.25, 0.3) is 0 Å². The second-order valence-corrected chi connectivity index (χ2v) is 12.8. The van der Waals surface area contributed by atoms with Gasteiger partial charge >= 0.3 is 0 Å². The monoisotopic (exact) mass is 582 g/mol. The molecule has 0 aliphatic heterocycles. The first-order chi connectivity index (χ1) is 20.3. The van der Waals surface area contributed by atoms with Gasteiger partial charge in [0.2, 0.25) is 0 Å². The Bertz CT molecular complexity index is 1330. The van der Waals surface area contributed by atoms with Gasteiger partial charge in [-0.1, -0.05) is 75.8 Å². The van der Waals surface area contributed by atoms with E-state index in [1.54, 1.807) is 18.2 Å². The molecule has 3 aromatic carbocycles. The van der Waals surface area contributed by atoms with Gasteiger partial charge in [0.1, 0.15) is 5.82 Å². The van der Waals surface area contributed by atoms with Crippen LogP contribution >= 0.6 is 0 Å². The summed E-state index contributed by atoms with van der Waals surface area (Å²) in [6, 6.07) is 11.2. The van der Waals surface area contributed by atoms with Crippen LogP contribution < -0.4 is 0 Å². The molecule has 2 aliphatic carbocycles. The summed E-state index contributed by atoms with van der Waals surface area (Å²) in [5.41, 5.74) is 1.79. The molecular weight excluding hydrogens is 539 g/mol. The Kier molecular flexibility index (Phi) is 10.4. The number of hydrogen-bond donors (Lipinski definition) is 0. The molecule has 0 amide bonds. The molecule has 0 heterocycles. The van der Waals surface area contributed by atoms with Crippen molar-refractivity contribution in [2.75, 3.05) is 0 Å². The fraction of sp³-hybridized carbons (Fsp3) is 0.514. The van der Waals surface area contributed by atoms with Gasteiger partial charge in [0.15, 0.2) is 23.3 Å². The molecule has 0 N–H and O–H groups in total. The van der Waals surface area contributed by atoms with Crippen LogP contribution in [0, 0.1) is 46.8 Å². The average Bonchev–Trinajstić information content (AvgIpc) is 3.00. The van der Waals surface area contributed by atoms with Crippen molar-refractivity contribution in [1.82, 2.24) is 0 Å². The summed E-state index contributed by atoms with van der Waals surface area (Å²) >= 11 is 0. The molecule has 42 heavy (non-hydrogen) atoms. The molecule has 0 spiro atoms. The van der Waals surface area contributed by atoms with Crippen molar-refractivity contribution < 1.29 is 22.0 Å². The predicted octanol–water partition coefficient (Wildman–Crippen LogP) is 11.5. The van der Waals surface area contributed by atoms with Crippen molar-refractivity contribution in [1.29, 1.82) is 0 Å². The Morgan fingerprint density at radius 1 is 0.619 bits per heavy atom. The summed E-state index contributed by atoms with van der Waals surface area (Å²) < 4.78 is 72.0. The average molecular weight is 583 g/mol. The van der Waals surface area contributed by atoms with Crippen LogP contribution in [0.15, 0.2) is 48.5 Å². The molecule has 3 aromatic rings. The lowest BCUT2D eigenvalue weighted by molar-refractivity contribution is 0.155. The molecule has 0 radical (unpaired) electrons. The lowest BCUT2D eigenvalue weighted by Crippen LogP contribution is -2.25. The second-order valence-electron chi connectivity index (χ2n) is 12.8. The minimum absolute atomic E-state index is 0.0631. The van der Waals surface area contributed by atoms with Gasteiger partial charge in [-0.25, -0.2) is 22.0 Å². The molecule has 2 saturated carbocycles. The maximum absolute atomic E-state index is 15.3. The largest absolute Gasteiger partial charge is 0.206 e. The van der Waals surface area contributed by atoms with E-state index in [9.17, 15) is 13.2 Å². The number of rotatable bonds is 10. The zero-order valence-electron chi connectivity index (χ0n) is 24.7. The molecule has 0 saturated heterocycles. The first-order valence-corrected chi connectivity index (χ1v) is 16.0. The van der Waals surface area contributed by atoms with Gasteiger partial charge in [-0.2, -0.15) is 0 Å². The van der Waals surface area contributed by atoms with Gasteiger partial charge in [-0.05, 0) is 115 Å². The number of unbranched alkanes of at least 4 members (excludes halogenated alkanes) is 2. The van der Waals surface area contributed by atoms with Crippen LogP contribution in [0.25, 0.3) is 11.1 Å². The van der Waals surface area contributed by atoms with E-state index in [0.29, 0.717) is 17.5 Å². The molecule has 2 aliphatic rings. The van der Waals surface area contributed by atoms with E-state index in [0.717, 1.165) is 55.6 Å². The Morgan fingerprint density at radius 2 is 1.33 bits per heavy atom. The summed E-state index contributed by atoms with van der Waals surface area (Å²) in [6.07, 6.45) is 15.4. The SMILES string of the molecule is CCCCCC1CCC(C2CCC(c3ccc(CCc4ccc(-c5ccc(F)c(F)c5)c(F)c4)c(F)c3F)CC2)CC1. The standard InChI is InChI=1S/C37H43F5/c1-2-3-4-5-24-6-10-26(11-7-24)27-13-15-28(16-14-27)32-20-17-29(36(41)37(32)42)12-8-25-9-19-31(34(39)22-25)30-18-21-33(38)35(40)23-30/h9,17-24,26-28H,2-8,10-16H2,1H3. The highest BCUT2D eigenvalue weighted by Gasteiger charge is 2.32. The van der Waals surface area contributed by atoms with E-state index in [-0.39, 0.29) is 29.0 Å². The second kappa shape index (κ2) is 14.2. The Labute approximate surface area is 247 Å². The third kappa shape index (κ3) is 7.26. The van der Waals surface area contributed by atoms with Crippen LogP contribution in [0.5, 0.6) is 0 Å². The van der Waals surface area contributed by atoms with Gasteiger partial charge in [-0.3, -0.25) is 0 Å². The first-order valence-electron chi connectivity index (χ1n) is 16.0. The van der Waals surface area contributed by atoms with E-state index in [1.165, 1.54) is 69.6 Å². The third-order valence-electron chi connectivity index (χ3n) is 10.1. The number of halogens is 5. The van der Waals surface area contributed by atoms with Gasteiger partial charge < -0.3 is 0 Å². The zero-order chi connectivity index (χ0) is 29.6. The molecule has 0 aromatic heterocycles. The number of benzene rings is 3. The summed E-state index contributed by atoms with van der Waals surface area (Å²) in [4.78, 5) is 0. The topological polar surface area (TPSA) is 0 Å². The Morgan fingerprint density at radius 3 is 2.00 bits per heavy atom. The van der Waals surface area contributed by atoms with Crippen molar-refractivity contribution in [3.63, 3.8) is 0 Å². The Hall–Kier alpha value is -2.69. The minimum Gasteiger partial charge on any atom is -0.206 e. The van der Waals surface area contributed by atoms with E-state index in [4.69, 9.17) is 0 Å². The molecular formula is C37H43F5. The zero-order valence-corrected chi connectivity index (χ0v) is 24.7. The molecule has 0 atom stereocenters. The van der Waals surface area contributed by atoms with Crippen LogP contribution in [-0.4, -0.2) is 0 Å². The van der Waals surface area contributed by atoms with E-state index < -0.39 is 29.1 Å². The van der Waals surface area contributed by atoms with Gasteiger partial charge in [-0.15, -0.1) is 0 Å². The smallest absolute Gasteiger partial charge is 0.162 e. The molecule has 5 rings (SSSR count). The highest BCUT2D eigenvalue weighted by atomic mass is 19.2. The lowest BCUT2D eigenvalue weighted by atomic mass is 9.68. The molecule has 0 nitrogen and oxygen atoms in total. The third-order valence-corrected chi connectivity index (χ3v) is 10.1. The minimum atomic E-state index is -1.04. The quantitative estimate of drug-likeness (QED) is 0.165. The number of aryl methyl sites for hydroxylation is 2. The van der Waals surface area contributed by atoms with Gasteiger partial charge in [0, 0.05) is 5.56 Å². The predicted molar refractivity (Wildman–Crippen MR) is 160 cm³/mol. The van der Waals surface area contributed by atoms with Crippen molar-refractivity contribution in [2.24, 2.45) is 17.8 Å². The molecule has 0 bridgehead atoms. The van der Waals surface area contributed by atoms with Crippen LogP contribution in [0.3, 0.4) is 0 Å². The molecule has 2 fully saturated rings. The maximum atomic E-state index is 15.3. The Balaban J connectivity index is 1.14. The summed E-state index contributed by atoms with van der Waals surface area (Å²) in [6.45, 7) is 2.26. The molecule has 226 valence electrons. The van der Waals surface area contributed by atoms with Crippen LogP contribution in [-0.2, 0) is 12.8 Å². The summed E-state index contributed by atoms with van der Waals surface area (Å²) in [5, 5.41) is 0. The summed E-state index contributed by atoms with van der Waals surface area (Å²) in [5.74, 6) is -1.64.